The van der Waals surface area contributed by atoms with Gasteiger partial charge >= 0.3 is 0 Å². The van der Waals surface area contributed by atoms with E-state index < -0.39 is 0 Å². The van der Waals surface area contributed by atoms with Gasteiger partial charge in [-0.15, -0.1) is 0 Å². The molecule has 8 aromatic rings. The Balaban J connectivity index is 1.68. The Kier molecular flexibility index (Phi) is 5.22. The summed E-state index contributed by atoms with van der Waals surface area (Å²) < 4.78 is 4.55. The fourth-order valence-corrected chi connectivity index (χ4v) is 6.52. The van der Waals surface area contributed by atoms with Crippen LogP contribution in [0.15, 0.2) is 133 Å². The first kappa shape index (κ1) is 23.8. The highest BCUT2D eigenvalue weighted by molar-refractivity contribution is 6.17. The van der Waals surface area contributed by atoms with E-state index in [0.29, 0.717) is 16.7 Å². The van der Waals surface area contributed by atoms with E-state index in [2.05, 4.69) is 118 Å². The molecule has 4 heteroatoms. The van der Waals surface area contributed by atoms with Crippen molar-refractivity contribution < 1.29 is 0 Å². The Morgan fingerprint density at radius 3 is 1.48 bits per heavy atom. The van der Waals surface area contributed by atoms with Gasteiger partial charge in [-0.2, -0.15) is 10.5 Å². The van der Waals surface area contributed by atoms with E-state index in [-0.39, 0.29) is 0 Å². The van der Waals surface area contributed by atoms with Crippen LogP contribution < -0.4 is 0 Å². The average molecular weight is 535 g/mol. The molecule has 0 amide bonds. The molecule has 0 aliphatic carbocycles. The van der Waals surface area contributed by atoms with Gasteiger partial charge in [0.05, 0.1) is 51.0 Å². The van der Waals surface area contributed by atoms with Gasteiger partial charge in [0, 0.05) is 38.4 Å². The van der Waals surface area contributed by atoms with Crippen LogP contribution in [-0.4, -0.2) is 9.13 Å². The zero-order valence-corrected chi connectivity index (χ0v) is 22.5. The third kappa shape index (κ3) is 3.27. The predicted octanol–water partition coefficient (Wildman–Crippen LogP) is 9.29. The van der Waals surface area contributed by atoms with Crippen molar-refractivity contribution >= 4 is 43.6 Å². The molecule has 42 heavy (non-hydrogen) atoms. The van der Waals surface area contributed by atoms with E-state index in [4.69, 9.17) is 0 Å². The lowest BCUT2D eigenvalue weighted by Gasteiger charge is -2.19. The molecule has 0 bridgehead atoms. The van der Waals surface area contributed by atoms with Gasteiger partial charge in [0.15, 0.2) is 0 Å². The molecule has 0 saturated carbocycles. The Bertz CT molecular complexity index is 2340. The number of nitrogens with zero attached hydrogens (tertiary/aromatic N) is 4. The third-order valence-corrected chi connectivity index (χ3v) is 8.21. The number of benzene rings is 6. The van der Waals surface area contributed by atoms with Gasteiger partial charge in [-0.1, -0.05) is 84.9 Å². The molecule has 2 heterocycles. The van der Waals surface area contributed by atoms with Gasteiger partial charge in [-0.3, -0.25) is 0 Å². The zero-order valence-electron chi connectivity index (χ0n) is 22.5. The monoisotopic (exact) mass is 534 g/mol. The maximum atomic E-state index is 10.4. The van der Waals surface area contributed by atoms with Crippen LogP contribution in [0.1, 0.15) is 11.1 Å². The van der Waals surface area contributed by atoms with Gasteiger partial charge in [0.2, 0.25) is 0 Å². The van der Waals surface area contributed by atoms with Crippen molar-refractivity contribution in [3.63, 3.8) is 0 Å². The van der Waals surface area contributed by atoms with E-state index >= 15 is 0 Å². The van der Waals surface area contributed by atoms with Crippen molar-refractivity contribution in [3.05, 3.63) is 145 Å². The lowest BCUT2D eigenvalue weighted by molar-refractivity contribution is 1.15. The minimum absolute atomic E-state index is 0.466. The molecule has 4 nitrogen and oxygen atoms in total. The highest BCUT2D eigenvalue weighted by atomic mass is 15.0. The van der Waals surface area contributed by atoms with Crippen LogP contribution in [0.5, 0.6) is 0 Å². The number of fused-ring (bicyclic) bond motifs is 6. The summed E-state index contributed by atoms with van der Waals surface area (Å²) >= 11 is 0. The summed E-state index contributed by atoms with van der Waals surface area (Å²) in [6.07, 6.45) is 0. The normalized spacial score (nSPS) is 11.3. The van der Waals surface area contributed by atoms with E-state index in [1.165, 1.54) is 0 Å². The van der Waals surface area contributed by atoms with Crippen molar-refractivity contribution in [3.8, 4) is 34.6 Å². The third-order valence-electron chi connectivity index (χ3n) is 8.21. The fraction of sp³-hybridized carbons (Fsp3) is 0. The predicted molar refractivity (Wildman–Crippen MR) is 170 cm³/mol. The minimum atomic E-state index is 0.466. The molecule has 6 aromatic carbocycles. The fourth-order valence-electron chi connectivity index (χ4n) is 6.52. The first-order chi connectivity index (χ1) is 20.8. The van der Waals surface area contributed by atoms with Crippen molar-refractivity contribution in [1.29, 1.82) is 10.5 Å². The standard InChI is InChI=1S/C38H22N4/c39-23-25-11-10-12-26(24-40)36(25)37-35(42-33-19-8-4-15-28(33)29-16-5-9-20-34(29)42)22-21-31-30-17-6-7-18-32(30)41(38(31)37)27-13-2-1-3-14-27/h1-22H. The topological polar surface area (TPSA) is 57.4 Å². The summed E-state index contributed by atoms with van der Waals surface area (Å²) in [4.78, 5) is 0. The Morgan fingerprint density at radius 2 is 0.905 bits per heavy atom. The lowest BCUT2D eigenvalue weighted by Crippen LogP contribution is -2.03. The number of hydrogen-bond acceptors (Lipinski definition) is 2. The summed E-state index contributed by atoms with van der Waals surface area (Å²) in [5, 5.41) is 25.3. The molecule has 0 atom stereocenters. The van der Waals surface area contributed by atoms with E-state index in [1.54, 1.807) is 18.2 Å². The lowest BCUT2D eigenvalue weighted by atomic mass is 9.91. The van der Waals surface area contributed by atoms with Crippen LogP contribution in [0.4, 0.5) is 0 Å². The number of aromatic nitrogens is 2. The molecule has 0 unspecified atom stereocenters. The summed E-state index contributed by atoms with van der Waals surface area (Å²) in [6, 6.07) is 50.0. The second-order valence-corrected chi connectivity index (χ2v) is 10.4. The molecule has 194 valence electrons. The van der Waals surface area contributed by atoms with Gasteiger partial charge in [0.25, 0.3) is 0 Å². The van der Waals surface area contributed by atoms with E-state index in [0.717, 1.165) is 60.5 Å². The minimum Gasteiger partial charge on any atom is -0.309 e. The second kappa shape index (κ2) is 9.24. The van der Waals surface area contributed by atoms with Crippen molar-refractivity contribution in [2.75, 3.05) is 0 Å². The Hall–Kier alpha value is -6.10. The maximum Gasteiger partial charge on any atom is 0.0998 e. The molecule has 0 fully saturated rings. The number of rotatable bonds is 3. The summed E-state index contributed by atoms with van der Waals surface area (Å²) in [6.45, 7) is 0. The largest absolute Gasteiger partial charge is 0.309 e. The molecule has 0 radical (unpaired) electrons. The first-order valence-corrected chi connectivity index (χ1v) is 13.8. The summed E-state index contributed by atoms with van der Waals surface area (Å²) in [7, 11) is 0. The quantitative estimate of drug-likeness (QED) is 0.227. The first-order valence-electron chi connectivity index (χ1n) is 13.8. The van der Waals surface area contributed by atoms with Gasteiger partial charge < -0.3 is 9.13 Å². The van der Waals surface area contributed by atoms with Crippen LogP contribution >= 0.6 is 0 Å². The maximum absolute atomic E-state index is 10.4. The molecule has 0 saturated heterocycles. The molecular weight excluding hydrogens is 512 g/mol. The molecule has 8 rings (SSSR count). The SMILES string of the molecule is N#Cc1cccc(C#N)c1-c1c(-n2c3ccccc3c3ccccc32)ccc2c3ccccc3n(-c3ccccc3)c12. The van der Waals surface area contributed by atoms with Gasteiger partial charge in [-0.05, 0) is 48.5 Å². The van der Waals surface area contributed by atoms with E-state index in [1.807, 2.05) is 18.2 Å². The Labute approximate surface area is 242 Å². The molecule has 0 spiro atoms. The average Bonchev–Trinajstić information content (AvgIpc) is 3.57. The van der Waals surface area contributed by atoms with Crippen LogP contribution in [0.25, 0.3) is 66.1 Å². The molecule has 2 aromatic heterocycles. The molecule has 0 N–H and O–H groups in total. The van der Waals surface area contributed by atoms with Crippen LogP contribution in [0.2, 0.25) is 0 Å². The summed E-state index contributed by atoms with van der Waals surface area (Å²) in [5.41, 5.74) is 8.51. The second-order valence-electron chi connectivity index (χ2n) is 10.4. The Morgan fingerprint density at radius 1 is 0.405 bits per heavy atom. The zero-order chi connectivity index (χ0) is 28.2. The molecule has 0 aliphatic heterocycles. The molecular formula is C38H22N4. The van der Waals surface area contributed by atoms with Crippen LogP contribution in [0.3, 0.4) is 0 Å². The van der Waals surface area contributed by atoms with E-state index in [9.17, 15) is 10.5 Å². The number of hydrogen-bond donors (Lipinski definition) is 0. The van der Waals surface area contributed by atoms with Crippen molar-refractivity contribution in [2.45, 2.75) is 0 Å². The highest BCUT2D eigenvalue weighted by Gasteiger charge is 2.25. The smallest absolute Gasteiger partial charge is 0.0998 e. The van der Waals surface area contributed by atoms with Crippen molar-refractivity contribution in [2.24, 2.45) is 0 Å². The summed E-state index contributed by atoms with van der Waals surface area (Å²) in [5.74, 6) is 0. The van der Waals surface area contributed by atoms with Gasteiger partial charge in [-0.25, -0.2) is 0 Å². The highest BCUT2D eigenvalue weighted by Crippen LogP contribution is 2.45. The van der Waals surface area contributed by atoms with Crippen LogP contribution in [-0.2, 0) is 0 Å². The van der Waals surface area contributed by atoms with Gasteiger partial charge in [0.1, 0.15) is 0 Å². The number of nitriles is 2. The van der Waals surface area contributed by atoms with Crippen LogP contribution in [0, 0.1) is 22.7 Å². The van der Waals surface area contributed by atoms with Crippen molar-refractivity contribution in [1.82, 2.24) is 9.13 Å². The number of para-hydroxylation sites is 4. The molecule has 0 aliphatic rings.